The lowest BCUT2D eigenvalue weighted by atomic mass is 9.82. The SMILES string of the molecule is OB(O)c1cncc(I)c1. The molecule has 0 aliphatic rings. The molecule has 52 valence electrons. The van der Waals surface area contributed by atoms with Gasteiger partial charge in [0.2, 0.25) is 0 Å². The monoisotopic (exact) mass is 249 g/mol. The minimum atomic E-state index is -1.41. The third kappa shape index (κ3) is 1.93. The van der Waals surface area contributed by atoms with E-state index in [1.165, 1.54) is 6.20 Å². The molecule has 1 aromatic rings. The van der Waals surface area contributed by atoms with E-state index in [0.29, 0.717) is 5.46 Å². The van der Waals surface area contributed by atoms with Gasteiger partial charge in [0.05, 0.1) is 0 Å². The molecule has 0 aromatic carbocycles. The lowest BCUT2D eigenvalue weighted by molar-refractivity contribution is 0.425. The zero-order valence-corrected chi connectivity index (χ0v) is 7.19. The molecule has 1 aromatic heterocycles. The van der Waals surface area contributed by atoms with Crippen LogP contribution < -0.4 is 5.46 Å². The summed E-state index contributed by atoms with van der Waals surface area (Å²) in [5.41, 5.74) is 0.423. The molecule has 0 amide bonds. The van der Waals surface area contributed by atoms with E-state index < -0.39 is 7.12 Å². The Morgan fingerprint density at radius 1 is 1.40 bits per heavy atom. The Labute approximate surface area is 72.4 Å². The van der Waals surface area contributed by atoms with E-state index in [0.717, 1.165) is 3.57 Å². The number of hydrogen-bond acceptors (Lipinski definition) is 3. The number of pyridine rings is 1. The van der Waals surface area contributed by atoms with Crippen molar-refractivity contribution in [2.45, 2.75) is 0 Å². The van der Waals surface area contributed by atoms with Crippen molar-refractivity contribution in [3.63, 3.8) is 0 Å². The second kappa shape index (κ2) is 3.31. The van der Waals surface area contributed by atoms with Crippen molar-refractivity contribution in [3.8, 4) is 0 Å². The predicted octanol–water partition coefficient (Wildman–Crippen LogP) is -0.634. The fourth-order valence-electron chi connectivity index (χ4n) is 0.569. The zero-order valence-electron chi connectivity index (χ0n) is 5.03. The molecule has 0 saturated carbocycles. The maximum Gasteiger partial charge on any atom is 0.490 e. The summed E-state index contributed by atoms with van der Waals surface area (Å²) in [6.07, 6.45) is 3.07. The van der Waals surface area contributed by atoms with E-state index in [4.69, 9.17) is 10.0 Å². The number of halogens is 1. The molecule has 5 heteroatoms. The van der Waals surface area contributed by atoms with Crippen molar-refractivity contribution in [3.05, 3.63) is 22.0 Å². The van der Waals surface area contributed by atoms with Gasteiger partial charge in [0.15, 0.2) is 0 Å². The number of hydrogen-bond donors (Lipinski definition) is 2. The topological polar surface area (TPSA) is 53.4 Å². The van der Waals surface area contributed by atoms with Gasteiger partial charge in [0.25, 0.3) is 0 Å². The van der Waals surface area contributed by atoms with Gasteiger partial charge in [0.1, 0.15) is 0 Å². The van der Waals surface area contributed by atoms with Crippen LogP contribution in [0.5, 0.6) is 0 Å². The highest BCUT2D eigenvalue weighted by Gasteiger charge is 2.10. The van der Waals surface area contributed by atoms with Crippen LogP contribution in [0.3, 0.4) is 0 Å². The van der Waals surface area contributed by atoms with Gasteiger partial charge in [-0.2, -0.15) is 0 Å². The van der Waals surface area contributed by atoms with Crippen LogP contribution in [0.15, 0.2) is 18.5 Å². The summed E-state index contributed by atoms with van der Waals surface area (Å²) in [6, 6.07) is 1.66. The fourth-order valence-corrected chi connectivity index (χ4v) is 1.09. The highest BCUT2D eigenvalue weighted by molar-refractivity contribution is 14.1. The molecule has 0 bridgehead atoms. The van der Waals surface area contributed by atoms with Crippen molar-refractivity contribution in [2.24, 2.45) is 0 Å². The highest BCUT2D eigenvalue weighted by Crippen LogP contribution is 1.97. The van der Waals surface area contributed by atoms with E-state index in [1.807, 2.05) is 0 Å². The van der Waals surface area contributed by atoms with Crippen LogP contribution in [0.1, 0.15) is 0 Å². The molecule has 0 fully saturated rings. The van der Waals surface area contributed by atoms with E-state index in [2.05, 4.69) is 27.6 Å². The Hall–Kier alpha value is -0.135. The standard InChI is InChI=1S/C5H5BINO2/c7-5-1-4(6(9)10)2-8-3-5/h1-3,9-10H. The molecule has 0 unspecified atom stereocenters. The second-order valence-electron chi connectivity index (χ2n) is 1.81. The lowest BCUT2D eigenvalue weighted by Crippen LogP contribution is -2.30. The molecule has 1 rings (SSSR count). The molecule has 0 radical (unpaired) electrons. The maximum absolute atomic E-state index is 8.66. The molecule has 0 saturated heterocycles. The molecule has 0 aliphatic carbocycles. The minimum absolute atomic E-state index is 0.423. The van der Waals surface area contributed by atoms with Gasteiger partial charge in [-0.25, -0.2) is 0 Å². The first kappa shape index (κ1) is 7.97. The van der Waals surface area contributed by atoms with Gasteiger partial charge in [-0.05, 0) is 28.7 Å². The number of nitrogens with zero attached hydrogens (tertiary/aromatic N) is 1. The molecular formula is C5H5BINO2. The third-order valence-electron chi connectivity index (χ3n) is 1.02. The molecule has 2 N–H and O–H groups in total. The average Bonchev–Trinajstić information content (AvgIpc) is 1.88. The Bertz CT molecular complexity index is 231. The average molecular weight is 249 g/mol. The van der Waals surface area contributed by atoms with Crippen LogP contribution in [0.25, 0.3) is 0 Å². The fraction of sp³-hybridized carbons (Fsp3) is 0. The zero-order chi connectivity index (χ0) is 7.56. The summed E-state index contributed by atoms with van der Waals surface area (Å²) >= 11 is 2.05. The first-order valence-corrected chi connectivity index (χ1v) is 3.74. The van der Waals surface area contributed by atoms with Crippen LogP contribution >= 0.6 is 22.6 Å². The summed E-state index contributed by atoms with van der Waals surface area (Å²) in [4.78, 5) is 3.78. The van der Waals surface area contributed by atoms with Crippen LogP contribution in [-0.2, 0) is 0 Å². The Balaban J connectivity index is 2.96. The summed E-state index contributed by atoms with van der Waals surface area (Å²) in [6.45, 7) is 0. The second-order valence-corrected chi connectivity index (χ2v) is 3.06. The third-order valence-corrected chi connectivity index (χ3v) is 1.61. The van der Waals surface area contributed by atoms with Crippen LogP contribution in [0.4, 0.5) is 0 Å². The number of rotatable bonds is 1. The summed E-state index contributed by atoms with van der Waals surface area (Å²) in [5, 5.41) is 17.3. The summed E-state index contributed by atoms with van der Waals surface area (Å²) in [7, 11) is -1.41. The molecule has 0 atom stereocenters. The van der Waals surface area contributed by atoms with Gasteiger partial charge in [0, 0.05) is 21.4 Å². The first-order valence-electron chi connectivity index (χ1n) is 2.67. The van der Waals surface area contributed by atoms with E-state index in [9.17, 15) is 0 Å². The molecule has 10 heavy (non-hydrogen) atoms. The molecule has 1 heterocycles. The highest BCUT2D eigenvalue weighted by atomic mass is 127. The quantitative estimate of drug-likeness (QED) is 0.514. The van der Waals surface area contributed by atoms with Crippen molar-refractivity contribution in [1.29, 1.82) is 0 Å². The predicted molar refractivity (Wildman–Crippen MR) is 46.8 cm³/mol. The largest absolute Gasteiger partial charge is 0.490 e. The summed E-state index contributed by atoms with van der Waals surface area (Å²) in [5.74, 6) is 0. The van der Waals surface area contributed by atoms with Gasteiger partial charge in [-0.1, -0.05) is 0 Å². The Kier molecular flexibility index (Phi) is 2.64. The molecule has 0 aliphatic heterocycles. The van der Waals surface area contributed by atoms with E-state index >= 15 is 0 Å². The first-order chi connectivity index (χ1) is 4.70. The van der Waals surface area contributed by atoms with Crippen molar-refractivity contribution in [1.82, 2.24) is 4.98 Å². The van der Waals surface area contributed by atoms with Crippen molar-refractivity contribution < 1.29 is 10.0 Å². The van der Waals surface area contributed by atoms with Gasteiger partial charge >= 0.3 is 7.12 Å². The van der Waals surface area contributed by atoms with Crippen molar-refractivity contribution >= 4 is 35.2 Å². The van der Waals surface area contributed by atoms with Crippen LogP contribution in [0, 0.1) is 3.57 Å². The van der Waals surface area contributed by atoms with Crippen LogP contribution in [-0.4, -0.2) is 22.2 Å². The van der Waals surface area contributed by atoms with Gasteiger partial charge < -0.3 is 10.0 Å². The normalized spacial score (nSPS) is 9.50. The Morgan fingerprint density at radius 3 is 2.50 bits per heavy atom. The van der Waals surface area contributed by atoms with Crippen molar-refractivity contribution in [2.75, 3.05) is 0 Å². The van der Waals surface area contributed by atoms with E-state index in [1.54, 1.807) is 12.3 Å². The lowest BCUT2D eigenvalue weighted by Gasteiger charge is -1.96. The summed E-state index contributed by atoms with van der Waals surface area (Å²) < 4.78 is 0.892. The van der Waals surface area contributed by atoms with Gasteiger partial charge in [-0.3, -0.25) is 4.98 Å². The molecular weight excluding hydrogens is 244 g/mol. The maximum atomic E-state index is 8.66. The Morgan fingerprint density at radius 2 is 2.10 bits per heavy atom. The smallest absolute Gasteiger partial charge is 0.423 e. The minimum Gasteiger partial charge on any atom is -0.423 e. The van der Waals surface area contributed by atoms with Crippen LogP contribution in [0.2, 0.25) is 0 Å². The molecule has 3 nitrogen and oxygen atoms in total. The number of aromatic nitrogens is 1. The van der Waals surface area contributed by atoms with Gasteiger partial charge in [-0.15, -0.1) is 0 Å². The molecule has 0 spiro atoms. The van der Waals surface area contributed by atoms with E-state index in [-0.39, 0.29) is 0 Å².